The first-order chi connectivity index (χ1) is 5.22. The first-order valence-corrected chi connectivity index (χ1v) is 4.89. The zero-order valence-electron chi connectivity index (χ0n) is 7.06. The third-order valence-corrected chi connectivity index (χ3v) is 1.65. The van der Waals surface area contributed by atoms with E-state index in [1.807, 2.05) is 6.92 Å². The van der Waals surface area contributed by atoms with Crippen molar-refractivity contribution in [3.8, 4) is 0 Å². The van der Waals surface area contributed by atoms with E-state index < -0.39 is 0 Å². The first-order valence-electron chi connectivity index (χ1n) is 3.77. The highest BCUT2D eigenvalue weighted by Gasteiger charge is 2.04. The second-order valence-corrected chi connectivity index (χ2v) is 3.14. The Kier molecular flexibility index (Phi) is 6.31. The van der Waals surface area contributed by atoms with Gasteiger partial charge in [0.15, 0.2) is 0 Å². The largest absolute Gasteiger partial charge is 0.338 e. The summed E-state index contributed by atoms with van der Waals surface area (Å²) in [4.78, 5) is 12.7. The molecule has 0 saturated heterocycles. The lowest BCUT2D eigenvalue weighted by Gasteiger charge is -2.15. The summed E-state index contributed by atoms with van der Waals surface area (Å²) in [6.45, 7) is 3.53. The van der Waals surface area contributed by atoms with Gasteiger partial charge in [-0.1, -0.05) is 22.9 Å². The molecule has 0 aliphatic rings. The van der Waals surface area contributed by atoms with Crippen LogP contribution in [0.4, 0.5) is 4.79 Å². The third-order valence-electron chi connectivity index (χ3n) is 1.29. The molecule has 0 aromatic heterocycles. The normalized spacial score (nSPS) is 9.36. The maximum atomic E-state index is 11.1. The number of nitrogens with one attached hydrogen (secondary N) is 1. The smallest absolute Gasteiger partial charge is 0.317 e. The van der Waals surface area contributed by atoms with Crippen LogP contribution in [0.1, 0.15) is 13.3 Å². The second-order valence-electron chi connectivity index (χ2n) is 2.34. The summed E-state index contributed by atoms with van der Waals surface area (Å²) in [5.41, 5.74) is 0. The van der Waals surface area contributed by atoms with E-state index in [-0.39, 0.29) is 6.03 Å². The van der Waals surface area contributed by atoms with E-state index in [1.54, 1.807) is 11.9 Å². The van der Waals surface area contributed by atoms with Gasteiger partial charge in [-0.25, -0.2) is 4.79 Å². The lowest BCUT2D eigenvalue weighted by molar-refractivity contribution is 0.211. The first kappa shape index (κ1) is 10.8. The number of nitrogens with zero attached hydrogens (tertiary/aromatic N) is 1. The minimum atomic E-state index is 0.00583. The molecular formula is C7H15BrN2O. The summed E-state index contributed by atoms with van der Waals surface area (Å²) < 4.78 is 0. The summed E-state index contributed by atoms with van der Waals surface area (Å²) in [5, 5.41) is 3.61. The lowest BCUT2D eigenvalue weighted by atomic mass is 10.5. The molecule has 0 fully saturated rings. The zero-order chi connectivity index (χ0) is 8.69. The van der Waals surface area contributed by atoms with E-state index in [0.29, 0.717) is 0 Å². The molecule has 0 aliphatic carbocycles. The average molecular weight is 223 g/mol. The Morgan fingerprint density at radius 3 is 2.73 bits per heavy atom. The Labute approximate surface area is 76.3 Å². The van der Waals surface area contributed by atoms with Crippen molar-refractivity contribution in [2.75, 3.05) is 25.5 Å². The highest BCUT2D eigenvalue weighted by molar-refractivity contribution is 9.09. The molecule has 0 saturated carbocycles. The number of rotatable bonds is 4. The molecule has 0 rings (SSSR count). The number of amides is 2. The van der Waals surface area contributed by atoms with Gasteiger partial charge < -0.3 is 10.2 Å². The van der Waals surface area contributed by atoms with E-state index in [4.69, 9.17) is 0 Å². The topological polar surface area (TPSA) is 32.3 Å². The van der Waals surface area contributed by atoms with Crippen LogP contribution in [0, 0.1) is 0 Å². The SMILES string of the molecule is CCCNC(=O)N(C)CCBr. The summed E-state index contributed by atoms with van der Waals surface area (Å²) in [6, 6.07) is 0.00583. The summed E-state index contributed by atoms with van der Waals surface area (Å²) >= 11 is 3.26. The second kappa shape index (κ2) is 6.46. The van der Waals surface area contributed by atoms with Crippen LogP contribution in [0.5, 0.6) is 0 Å². The quantitative estimate of drug-likeness (QED) is 0.718. The Balaban J connectivity index is 3.47. The highest BCUT2D eigenvalue weighted by atomic mass is 79.9. The Hall–Kier alpha value is -0.250. The van der Waals surface area contributed by atoms with E-state index in [0.717, 1.165) is 24.8 Å². The molecule has 0 atom stereocenters. The van der Waals surface area contributed by atoms with Gasteiger partial charge >= 0.3 is 6.03 Å². The summed E-state index contributed by atoms with van der Waals surface area (Å²) in [6.07, 6.45) is 0.980. The molecule has 0 bridgehead atoms. The maximum Gasteiger partial charge on any atom is 0.317 e. The Morgan fingerprint density at radius 2 is 2.27 bits per heavy atom. The standard InChI is InChI=1S/C7H15BrN2O/c1-3-5-9-7(11)10(2)6-4-8/h3-6H2,1-2H3,(H,9,11). The van der Waals surface area contributed by atoms with Crippen molar-refractivity contribution < 1.29 is 4.79 Å². The van der Waals surface area contributed by atoms with Crippen molar-refractivity contribution in [2.24, 2.45) is 0 Å². The van der Waals surface area contributed by atoms with Crippen LogP contribution in [-0.2, 0) is 0 Å². The van der Waals surface area contributed by atoms with Gasteiger partial charge in [0.05, 0.1) is 0 Å². The van der Waals surface area contributed by atoms with Crippen molar-refractivity contribution in [1.82, 2.24) is 10.2 Å². The molecule has 0 radical (unpaired) electrons. The molecule has 0 aromatic rings. The molecule has 0 aromatic carbocycles. The highest BCUT2D eigenvalue weighted by Crippen LogP contribution is 1.87. The van der Waals surface area contributed by atoms with Gasteiger partial charge in [-0.3, -0.25) is 0 Å². The van der Waals surface area contributed by atoms with E-state index in [9.17, 15) is 4.79 Å². The molecule has 2 amide bonds. The van der Waals surface area contributed by atoms with Crippen LogP contribution in [-0.4, -0.2) is 36.4 Å². The van der Waals surface area contributed by atoms with Gasteiger partial charge in [0, 0.05) is 25.5 Å². The molecule has 0 unspecified atom stereocenters. The van der Waals surface area contributed by atoms with E-state index in [1.165, 1.54) is 0 Å². The molecule has 3 nitrogen and oxygen atoms in total. The van der Waals surface area contributed by atoms with Crippen molar-refractivity contribution in [3.05, 3.63) is 0 Å². The van der Waals surface area contributed by atoms with Crippen LogP contribution >= 0.6 is 15.9 Å². The predicted octanol–water partition coefficient (Wildman–Crippen LogP) is 1.43. The van der Waals surface area contributed by atoms with Crippen molar-refractivity contribution in [2.45, 2.75) is 13.3 Å². The summed E-state index contributed by atoms with van der Waals surface area (Å²) in [7, 11) is 1.78. The van der Waals surface area contributed by atoms with Gasteiger partial charge in [-0.05, 0) is 6.42 Å². The van der Waals surface area contributed by atoms with E-state index in [2.05, 4.69) is 21.2 Å². The molecular weight excluding hydrogens is 208 g/mol. The minimum absolute atomic E-state index is 0.00583. The van der Waals surface area contributed by atoms with Gasteiger partial charge in [0.2, 0.25) is 0 Å². The zero-order valence-corrected chi connectivity index (χ0v) is 8.65. The van der Waals surface area contributed by atoms with Crippen LogP contribution in [0.3, 0.4) is 0 Å². The Bertz CT molecular complexity index is 119. The van der Waals surface area contributed by atoms with Crippen LogP contribution in [0.15, 0.2) is 0 Å². The monoisotopic (exact) mass is 222 g/mol. The van der Waals surface area contributed by atoms with Crippen LogP contribution in [0.25, 0.3) is 0 Å². The molecule has 0 spiro atoms. The van der Waals surface area contributed by atoms with Crippen LogP contribution in [0.2, 0.25) is 0 Å². The molecule has 4 heteroatoms. The van der Waals surface area contributed by atoms with Gasteiger partial charge in [-0.15, -0.1) is 0 Å². The Morgan fingerprint density at radius 1 is 1.64 bits per heavy atom. The number of carbonyl (C=O) groups is 1. The average Bonchev–Trinajstić information content (AvgIpc) is 2.00. The predicted molar refractivity (Wildman–Crippen MR) is 50.1 cm³/mol. The van der Waals surface area contributed by atoms with Gasteiger partial charge in [0.1, 0.15) is 0 Å². The molecule has 1 N–H and O–H groups in total. The summed E-state index contributed by atoms with van der Waals surface area (Å²) in [5.74, 6) is 0. The maximum absolute atomic E-state index is 11.1. The number of carbonyl (C=O) groups excluding carboxylic acids is 1. The fraction of sp³-hybridized carbons (Fsp3) is 0.857. The number of hydrogen-bond acceptors (Lipinski definition) is 1. The lowest BCUT2D eigenvalue weighted by Crippen LogP contribution is -2.38. The fourth-order valence-corrected chi connectivity index (χ4v) is 1.13. The van der Waals surface area contributed by atoms with Gasteiger partial charge in [0.25, 0.3) is 0 Å². The van der Waals surface area contributed by atoms with Gasteiger partial charge in [-0.2, -0.15) is 0 Å². The fourth-order valence-electron chi connectivity index (χ4n) is 0.595. The van der Waals surface area contributed by atoms with Crippen molar-refractivity contribution in [1.29, 1.82) is 0 Å². The molecule has 66 valence electrons. The third kappa shape index (κ3) is 5.07. The van der Waals surface area contributed by atoms with Crippen molar-refractivity contribution in [3.63, 3.8) is 0 Å². The minimum Gasteiger partial charge on any atom is -0.338 e. The van der Waals surface area contributed by atoms with Crippen LogP contribution < -0.4 is 5.32 Å². The number of halogens is 1. The number of alkyl halides is 1. The molecule has 11 heavy (non-hydrogen) atoms. The van der Waals surface area contributed by atoms with Crippen molar-refractivity contribution >= 4 is 22.0 Å². The molecule has 0 aliphatic heterocycles. The molecule has 0 heterocycles. The number of hydrogen-bond donors (Lipinski definition) is 1. The number of urea groups is 1. The van der Waals surface area contributed by atoms with E-state index >= 15 is 0 Å².